The van der Waals surface area contributed by atoms with Crippen molar-refractivity contribution in [3.8, 4) is 0 Å². The molecule has 2 aromatic rings. The molecule has 3 heteroatoms. The summed E-state index contributed by atoms with van der Waals surface area (Å²) in [6.45, 7) is 0. The number of rotatable bonds is 5. The van der Waals surface area contributed by atoms with Gasteiger partial charge in [-0.25, -0.2) is 0 Å². The highest BCUT2D eigenvalue weighted by molar-refractivity contribution is 9.10. The van der Waals surface area contributed by atoms with Crippen molar-refractivity contribution < 1.29 is 4.79 Å². The van der Waals surface area contributed by atoms with Crippen LogP contribution < -0.4 is 0 Å². The number of Topliss-reactive ketones (excluding diaryl/α,β-unsaturated/α-hetero) is 1. The fourth-order valence-electron chi connectivity index (χ4n) is 1.58. The van der Waals surface area contributed by atoms with Crippen molar-refractivity contribution in [1.29, 1.82) is 0 Å². The molecule has 0 aliphatic rings. The molecule has 92 valence electrons. The lowest BCUT2D eigenvalue weighted by Crippen LogP contribution is -1.99. The van der Waals surface area contributed by atoms with E-state index in [-0.39, 0.29) is 5.78 Å². The fourth-order valence-corrected chi connectivity index (χ4v) is 3.10. The van der Waals surface area contributed by atoms with Gasteiger partial charge in [0.1, 0.15) is 0 Å². The molecular formula is C15H13BrOS. The Morgan fingerprint density at radius 2 is 1.67 bits per heavy atom. The summed E-state index contributed by atoms with van der Waals surface area (Å²) in [7, 11) is 0. The van der Waals surface area contributed by atoms with Gasteiger partial charge in [-0.05, 0) is 28.1 Å². The van der Waals surface area contributed by atoms with Crippen molar-refractivity contribution >= 4 is 33.5 Å². The average molecular weight is 321 g/mol. The summed E-state index contributed by atoms with van der Waals surface area (Å²) in [4.78, 5) is 13.1. The molecule has 0 unspecified atom stereocenters. The summed E-state index contributed by atoms with van der Waals surface area (Å²) in [6, 6.07) is 17.5. The first-order valence-corrected chi connectivity index (χ1v) is 7.51. The molecule has 0 fully saturated rings. The van der Waals surface area contributed by atoms with Gasteiger partial charge in [0, 0.05) is 27.1 Å². The Labute approximate surface area is 120 Å². The first-order valence-electron chi connectivity index (χ1n) is 5.73. The van der Waals surface area contributed by atoms with Crippen molar-refractivity contribution in [3.05, 3.63) is 64.6 Å². The summed E-state index contributed by atoms with van der Waals surface area (Å²) < 4.78 is 1.09. The van der Waals surface area contributed by atoms with E-state index in [9.17, 15) is 4.79 Å². The Morgan fingerprint density at radius 3 is 2.39 bits per heavy atom. The maximum atomic E-state index is 11.9. The molecule has 0 amide bonds. The summed E-state index contributed by atoms with van der Waals surface area (Å²) in [5.41, 5.74) is 0.797. The van der Waals surface area contributed by atoms with E-state index in [1.54, 1.807) is 11.8 Å². The Bertz CT molecular complexity index is 525. The fraction of sp³-hybridized carbons (Fsp3) is 0.133. The van der Waals surface area contributed by atoms with Crippen LogP contribution in [0.3, 0.4) is 0 Å². The van der Waals surface area contributed by atoms with Gasteiger partial charge < -0.3 is 0 Å². The molecule has 0 aliphatic heterocycles. The number of carbonyl (C=O) groups excluding carboxylic acids is 1. The second-order valence-corrected chi connectivity index (χ2v) is 5.81. The zero-order chi connectivity index (χ0) is 12.8. The van der Waals surface area contributed by atoms with E-state index < -0.39 is 0 Å². The molecule has 0 saturated heterocycles. The number of carbonyl (C=O) groups is 1. The van der Waals surface area contributed by atoms with Crippen LogP contribution in [0.4, 0.5) is 0 Å². The molecule has 2 aromatic carbocycles. The molecule has 0 saturated carbocycles. The SMILES string of the molecule is O=C(CCSc1ccccc1Br)c1ccccc1. The average Bonchev–Trinajstić information content (AvgIpc) is 2.42. The highest BCUT2D eigenvalue weighted by Crippen LogP contribution is 2.27. The van der Waals surface area contributed by atoms with Crippen molar-refractivity contribution in [1.82, 2.24) is 0 Å². The van der Waals surface area contributed by atoms with Crippen LogP contribution in [0.2, 0.25) is 0 Å². The van der Waals surface area contributed by atoms with Crippen LogP contribution in [0.15, 0.2) is 64.0 Å². The number of thioether (sulfide) groups is 1. The molecule has 0 radical (unpaired) electrons. The molecule has 0 bridgehead atoms. The van der Waals surface area contributed by atoms with Crippen molar-refractivity contribution in [2.45, 2.75) is 11.3 Å². The third-order valence-electron chi connectivity index (χ3n) is 2.52. The van der Waals surface area contributed by atoms with Gasteiger partial charge in [-0.3, -0.25) is 4.79 Å². The molecule has 0 atom stereocenters. The van der Waals surface area contributed by atoms with Crippen LogP contribution in [0, 0.1) is 0 Å². The van der Waals surface area contributed by atoms with E-state index in [1.165, 1.54) is 4.90 Å². The van der Waals surface area contributed by atoms with E-state index in [0.29, 0.717) is 6.42 Å². The van der Waals surface area contributed by atoms with Gasteiger partial charge in [-0.15, -0.1) is 11.8 Å². The van der Waals surface area contributed by atoms with Crippen LogP contribution >= 0.6 is 27.7 Å². The molecule has 0 aliphatic carbocycles. The minimum atomic E-state index is 0.204. The predicted molar refractivity (Wildman–Crippen MR) is 80.3 cm³/mol. The molecule has 1 nitrogen and oxygen atoms in total. The number of ketones is 1. The molecule has 0 heterocycles. The second kappa shape index (κ2) is 6.76. The van der Waals surface area contributed by atoms with Gasteiger partial charge in [0.25, 0.3) is 0 Å². The number of benzene rings is 2. The quantitative estimate of drug-likeness (QED) is 0.580. The zero-order valence-electron chi connectivity index (χ0n) is 9.80. The Hall–Kier alpha value is -1.06. The normalized spacial score (nSPS) is 10.3. The van der Waals surface area contributed by atoms with Gasteiger partial charge in [0.2, 0.25) is 0 Å². The second-order valence-electron chi connectivity index (χ2n) is 3.82. The largest absolute Gasteiger partial charge is 0.294 e. The minimum absolute atomic E-state index is 0.204. The summed E-state index contributed by atoms with van der Waals surface area (Å²) in [6.07, 6.45) is 0.565. The number of hydrogen-bond donors (Lipinski definition) is 0. The molecule has 18 heavy (non-hydrogen) atoms. The van der Waals surface area contributed by atoms with E-state index >= 15 is 0 Å². The van der Waals surface area contributed by atoms with Crippen LogP contribution in [0.1, 0.15) is 16.8 Å². The standard InChI is InChI=1S/C15H13BrOS/c16-13-8-4-5-9-15(13)18-11-10-14(17)12-6-2-1-3-7-12/h1-9H,10-11H2. The van der Waals surface area contributed by atoms with Crippen LogP contribution in [-0.4, -0.2) is 11.5 Å². The van der Waals surface area contributed by atoms with E-state index in [2.05, 4.69) is 22.0 Å². The lowest BCUT2D eigenvalue weighted by atomic mass is 10.1. The van der Waals surface area contributed by atoms with Gasteiger partial charge in [0.05, 0.1) is 0 Å². The summed E-state index contributed by atoms with van der Waals surface area (Å²) in [5, 5.41) is 0. The highest BCUT2D eigenvalue weighted by atomic mass is 79.9. The number of hydrogen-bond acceptors (Lipinski definition) is 2. The number of halogens is 1. The van der Waals surface area contributed by atoms with Gasteiger partial charge >= 0.3 is 0 Å². The predicted octanol–water partition coefficient (Wildman–Crippen LogP) is 4.81. The summed E-state index contributed by atoms with van der Waals surface area (Å²) >= 11 is 5.20. The van der Waals surface area contributed by atoms with Crippen LogP contribution in [0.25, 0.3) is 0 Å². The smallest absolute Gasteiger partial charge is 0.163 e. The zero-order valence-corrected chi connectivity index (χ0v) is 12.2. The van der Waals surface area contributed by atoms with Gasteiger partial charge in [-0.2, -0.15) is 0 Å². The Kier molecular flexibility index (Phi) is 5.02. The van der Waals surface area contributed by atoms with Gasteiger partial charge in [0.15, 0.2) is 5.78 Å². The van der Waals surface area contributed by atoms with Crippen molar-refractivity contribution in [2.24, 2.45) is 0 Å². The summed E-state index contributed by atoms with van der Waals surface area (Å²) in [5.74, 6) is 1.01. The van der Waals surface area contributed by atoms with E-state index in [0.717, 1.165) is 15.8 Å². The third kappa shape index (κ3) is 3.72. The lowest BCUT2D eigenvalue weighted by Gasteiger charge is -2.03. The first kappa shape index (κ1) is 13.4. The van der Waals surface area contributed by atoms with Crippen LogP contribution in [0.5, 0.6) is 0 Å². The Morgan fingerprint density at radius 1 is 1.00 bits per heavy atom. The van der Waals surface area contributed by atoms with Gasteiger partial charge in [-0.1, -0.05) is 42.5 Å². The monoisotopic (exact) mass is 320 g/mol. The molecule has 0 N–H and O–H groups in total. The molecule has 0 aromatic heterocycles. The van der Waals surface area contributed by atoms with Crippen LogP contribution in [-0.2, 0) is 0 Å². The molecular weight excluding hydrogens is 308 g/mol. The van der Waals surface area contributed by atoms with E-state index in [4.69, 9.17) is 0 Å². The maximum absolute atomic E-state index is 11.9. The highest BCUT2D eigenvalue weighted by Gasteiger charge is 2.06. The third-order valence-corrected chi connectivity index (χ3v) is 4.55. The minimum Gasteiger partial charge on any atom is -0.294 e. The van der Waals surface area contributed by atoms with Crippen molar-refractivity contribution in [3.63, 3.8) is 0 Å². The lowest BCUT2D eigenvalue weighted by molar-refractivity contribution is 0.0989. The Balaban J connectivity index is 1.86. The maximum Gasteiger partial charge on any atom is 0.163 e. The topological polar surface area (TPSA) is 17.1 Å². The first-order chi connectivity index (χ1) is 8.77. The molecule has 2 rings (SSSR count). The van der Waals surface area contributed by atoms with Crippen molar-refractivity contribution in [2.75, 3.05) is 5.75 Å². The van der Waals surface area contributed by atoms with E-state index in [1.807, 2.05) is 48.5 Å². The molecule has 0 spiro atoms.